The van der Waals surface area contributed by atoms with Gasteiger partial charge in [-0.3, -0.25) is 4.98 Å². The molecule has 0 aliphatic rings. The monoisotopic (exact) mass is 822 g/mol. The summed E-state index contributed by atoms with van der Waals surface area (Å²) in [5.41, 5.74) is 11.2. The molecule has 8 aromatic rings. The van der Waals surface area contributed by atoms with Crippen molar-refractivity contribution in [2.45, 2.75) is 53.4 Å². The number of hydrogen-bond acceptors (Lipinski definition) is 7. The summed E-state index contributed by atoms with van der Waals surface area (Å²) in [6, 6.07) is 35.2. The van der Waals surface area contributed by atoms with Gasteiger partial charge in [0.25, 0.3) is 0 Å². The molecule has 0 unspecified atom stereocenters. The van der Waals surface area contributed by atoms with Crippen molar-refractivity contribution in [1.29, 1.82) is 0 Å². The van der Waals surface area contributed by atoms with Gasteiger partial charge in [-0.05, 0) is 57.6 Å². The van der Waals surface area contributed by atoms with E-state index < -0.39 is 0 Å². The topological polar surface area (TPSA) is 95.4 Å². The van der Waals surface area contributed by atoms with Gasteiger partial charge in [0, 0.05) is 37.4 Å². The van der Waals surface area contributed by atoms with Crippen molar-refractivity contribution in [1.82, 2.24) is 35.2 Å². The van der Waals surface area contributed by atoms with Crippen LogP contribution in [0.25, 0.3) is 61.6 Å². The van der Waals surface area contributed by atoms with Crippen molar-refractivity contribution in [3.63, 3.8) is 0 Å². The van der Waals surface area contributed by atoms with Crippen molar-refractivity contribution >= 4 is 33.2 Å². The minimum atomic E-state index is 0. The fourth-order valence-corrected chi connectivity index (χ4v) is 5.98. The summed E-state index contributed by atoms with van der Waals surface area (Å²) in [5, 5.41) is 18.2. The molecule has 0 spiro atoms. The third kappa shape index (κ3) is 6.52. The number of rotatable bonds is 5. The Labute approximate surface area is 299 Å². The van der Waals surface area contributed by atoms with E-state index in [0.717, 1.165) is 44.4 Å². The van der Waals surface area contributed by atoms with Crippen LogP contribution in [0.15, 0.2) is 95.5 Å². The smallest absolute Gasteiger partial charge is 0.214 e. The van der Waals surface area contributed by atoms with Gasteiger partial charge in [0.1, 0.15) is 5.58 Å². The summed E-state index contributed by atoms with van der Waals surface area (Å²) >= 11 is 0. The first-order valence-electron chi connectivity index (χ1n) is 16.1. The van der Waals surface area contributed by atoms with Crippen molar-refractivity contribution in [3.8, 4) is 28.3 Å². The first-order chi connectivity index (χ1) is 23.3. The van der Waals surface area contributed by atoms with E-state index in [1.807, 2.05) is 61.7 Å². The van der Waals surface area contributed by atoms with Crippen LogP contribution < -0.4 is 0 Å². The Kier molecular flexibility index (Phi) is 9.76. The van der Waals surface area contributed by atoms with Crippen molar-refractivity contribution in [2.24, 2.45) is 0 Å². The second kappa shape index (κ2) is 14.2. The maximum atomic E-state index is 6.32. The standard InChI is InChI=1S/C27H23N6O.C13H12N.Ir/c1-15(2)17-10-7-11-18(16(3)4)23(17)33-26(28-25-27(33)30-32-31-29-25)21-13-8-12-20-19-9-5-6-14-22(19)34-24(20)21;1-10-3-6-12(7-4-10)13-8-5-11(2)9-14-13;/h5-12,14-16H,1-4H3;3-6,8-9H,1-2H3;/q2*-1;. The SMILES string of the molecule is CC(C)c1cccc(C(C)C)c1-n1c(-c2[c-]ccc3c2oc2ccccc23)nc2nnnnc21.Cc1c[c-]c(-c2ccc(C)cn2)cc1.[Ir]. The Hall–Kier alpha value is -5.11. The average molecular weight is 822 g/mol. The normalized spacial score (nSPS) is 11.3. The maximum absolute atomic E-state index is 6.32. The van der Waals surface area contributed by atoms with E-state index in [0.29, 0.717) is 17.1 Å². The summed E-state index contributed by atoms with van der Waals surface area (Å²) < 4.78 is 8.38. The number of nitrogens with zero attached hydrogens (tertiary/aromatic N) is 7. The number of benzene rings is 4. The van der Waals surface area contributed by atoms with Gasteiger partial charge in [-0.25, -0.2) is 0 Å². The Balaban J connectivity index is 0.000000234. The first-order valence-corrected chi connectivity index (χ1v) is 16.1. The molecule has 0 saturated carbocycles. The third-order valence-corrected chi connectivity index (χ3v) is 8.44. The molecule has 0 amide bonds. The molecule has 0 N–H and O–H groups in total. The van der Waals surface area contributed by atoms with E-state index >= 15 is 0 Å². The predicted molar refractivity (Wildman–Crippen MR) is 190 cm³/mol. The molecule has 8 nitrogen and oxygen atoms in total. The summed E-state index contributed by atoms with van der Waals surface area (Å²) in [7, 11) is 0. The summed E-state index contributed by atoms with van der Waals surface area (Å²) in [6.07, 6.45) is 1.88. The Morgan fingerprint density at radius 3 is 2.16 bits per heavy atom. The van der Waals surface area contributed by atoms with Crippen molar-refractivity contribution in [3.05, 3.63) is 126 Å². The molecular formula is C40H35IrN7O-2. The Bertz CT molecular complexity index is 2310. The first kappa shape index (κ1) is 33.8. The molecule has 0 fully saturated rings. The van der Waals surface area contributed by atoms with E-state index in [1.165, 1.54) is 22.3 Å². The van der Waals surface area contributed by atoms with Gasteiger partial charge in [0.2, 0.25) is 11.3 Å². The molecule has 49 heavy (non-hydrogen) atoms. The average Bonchev–Trinajstić information content (AvgIpc) is 3.68. The van der Waals surface area contributed by atoms with Crippen LogP contribution in [0.5, 0.6) is 0 Å². The van der Waals surface area contributed by atoms with Crippen LogP contribution in [0.2, 0.25) is 0 Å². The molecule has 8 rings (SSSR count). The van der Waals surface area contributed by atoms with Crippen LogP contribution >= 0.6 is 0 Å². The zero-order chi connectivity index (χ0) is 33.4. The number of aryl methyl sites for hydroxylation is 2. The molecule has 1 radical (unpaired) electrons. The maximum Gasteiger partial charge on any atom is 0.214 e. The number of aromatic nitrogens is 7. The molecule has 4 heterocycles. The van der Waals surface area contributed by atoms with Gasteiger partial charge in [0.15, 0.2) is 0 Å². The number of fused-ring (bicyclic) bond motifs is 4. The van der Waals surface area contributed by atoms with Crippen LogP contribution in [0, 0.1) is 26.0 Å². The van der Waals surface area contributed by atoms with Gasteiger partial charge in [-0.15, -0.1) is 63.8 Å². The van der Waals surface area contributed by atoms with E-state index in [9.17, 15) is 0 Å². The van der Waals surface area contributed by atoms with Crippen LogP contribution in [0.1, 0.15) is 61.8 Å². The number of hydrogen-bond donors (Lipinski definition) is 0. The van der Waals surface area contributed by atoms with Crippen LogP contribution in [0.3, 0.4) is 0 Å². The largest absolute Gasteiger partial charge is 0.501 e. The molecule has 4 aromatic carbocycles. The van der Waals surface area contributed by atoms with Gasteiger partial charge in [-0.1, -0.05) is 94.1 Å². The van der Waals surface area contributed by atoms with Crippen LogP contribution in [0.4, 0.5) is 0 Å². The van der Waals surface area contributed by atoms with Crippen LogP contribution in [-0.4, -0.2) is 35.2 Å². The molecule has 4 aromatic heterocycles. The van der Waals surface area contributed by atoms with E-state index in [-0.39, 0.29) is 31.9 Å². The predicted octanol–water partition coefficient (Wildman–Crippen LogP) is 9.38. The summed E-state index contributed by atoms with van der Waals surface area (Å²) in [6.45, 7) is 12.9. The zero-order valence-electron chi connectivity index (χ0n) is 28.2. The van der Waals surface area contributed by atoms with Gasteiger partial charge >= 0.3 is 0 Å². The second-order valence-electron chi connectivity index (χ2n) is 12.6. The molecule has 247 valence electrons. The number of pyridine rings is 1. The molecular weight excluding hydrogens is 787 g/mol. The van der Waals surface area contributed by atoms with Crippen LogP contribution in [-0.2, 0) is 20.1 Å². The summed E-state index contributed by atoms with van der Waals surface area (Å²) in [4.78, 5) is 9.22. The summed E-state index contributed by atoms with van der Waals surface area (Å²) in [5.74, 6) is 1.23. The number of furan rings is 1. The van der Waals surface area contributed by atoms with Gasteiger partial charge < -0.3 is 14.0 Å². The zero-order valence-corrected chi connectivity index (χ0v) is 30.6. The third-order valence-electron chi connectivity index (χ3n) is 8.44. The fourth-order valence-electron chi connectivity index (χ4n) is 5.98. The fraction of sp³-hybridized carbons (Fsp3) is 0.200. The molecule has 0 bridgehead atoms. The quantitative estimate of drug-likeness (QED) is 0.160. The minimum Gasteiger partial charge on any atom is -0.501 e. The Morgan fingerprint density at radius 1 is 0.735 bits per heavy atom. The molecule has 0 aliphatic heterocycles. The molecule has 0 atom stereocenters. The van der Waals surface area contributed by atoms with Gasteiger partial charge in [-0.2, -0.15) is 0 Å². The minimum absolute atomic E-state index is 0. The second-order valence-corrected chi connectivity index (χ2v) is 12.6. The van der Waals surface area contributed by atoms with Gasteiger partial charge in [0.05, 0.1) is 11.4 Å². The number of imidazole rings is 1. The molecule has 0 saturated heterocycles. The van der Waals surface area contributed by atoms with E-state index in [2.05, 4.69) is 113 Å². The number of para-hydroxylation sites is 2. The van der Waals surface area contributed by atoms with Crippen molar-refractivity contribution < 1.29 is 24.5 Å². The van der Waals surface area contributed by atoms with E-state index in [1.54, 1.807) is 0 Å². The molecule has 0 aliphatic carbocycles. The Morgan fingerprint density at radius 2 is 1.47 bits per heavy atom. The van der Waals surface area contributed by atoms with E-state index in [4.69, 9.17) is 9.40 Å². The van der Waals surface area contributed by atoms with Crippen molar-refractivity contribution in [2.75, 3.05) is 0 Å². The molecule has 9 heteroatoms.